The lowest BCUT2D eigenvalue weighted by Crippen LogP contribution is -2.37. The number of rotatable bonds is 6. The Morgan fingerprint density at radius 1 is 1.22 bits per heavy atom. The molecule has 0 aliphatic carbocycles. The molecule has 130 valence electrons. The van der Waals surface area contributed by atoms with Crippen LogP contribution in [0.4, 0.5) is 0 Å². The average molecular weight is 340 g/mol. The summed E-state index contributed by atoms with van der Waals surface area (Å²) in [7, 11) is -3.20. The second kappa shape index (κ2) is 7.77. The lowest BCUT2D eigenvalue weighted by Gasteiger charge is -2.23. The zero-order valence-electron chi connectivity index (χ0n) is 14.5. The summed E-state index contributed by atoms with van der Waals surface area (Å²) in [6.07, 6.45) is 2.82. The van der Waals surface area contributed by atoms with E-state index in [1.165, 1.54) is 0 Å². The van der Waals surface area contributed by atoms with Gasteiger partial charge in [0, 0.05) is 12.6 Å². The molecule has 1 unspecified atom stereocenters. The van der Waals surface area contributed by atoms with Crippen LogP contribution < -0.4 is 5.32 Å². The fraction of sp³-hybridized carbons (Fsp3) is 0.667. The first kappa shape index (κ1) is 18.4. The van der Waals surface area contributed by atoms with Crippen molar-refractivity contribution in [2.45, 2.75) is 56.4 Å². The van der Waals surface area contributed by atoms with Gasteiger partial charge < -0.3 is 10.1 Å². The Morgan fingerprint density at radius 3 is 2.48 bits per heavy atom. The second-order valence-electron chi connectivity index (χ2n) is 7.31. The van der Waals surface area contributed by atoms with Gasteiger partial charge in [0.25, 0.3) is 0 Å². The predicted octanol–water partition coefficient (Wildman–Crippen LogP) is 2.92. The quantitative estimate of drug-likeness (QED) is 0.810. The van der Waals surface area contributed by atoms with Gasteiger partial charge in [-0.2, -0.15) is 0 Å². The molecule has 1 aromatic rings. The predicted molar refractivity (Wildman–Crippen MR) is 93.7 cm³/mol. The van der Waals surface area contributed by atoms with Crippen LogP contribution in [0.2, 0.25) is 0 Å². The van der Waals surface area contributed by atoms with E-state index < -0.39 is 9.84 Å². The molecular weight excluding hydrogens is 310 g/mol. The summed E-state index contributed by atoms with van der Waals surface area (Å²) >= 11 is 0. The van der Waals surface area contributed by atoms with E-state index in [-0.39, 0.29) is 11.2 Å². The smallest absolute Gasteiger partial charge is 0.178 e. The Morgan fingerprint density at radius 2 is 1.91 bits per heavy atom. The van der Waals surface area contributed by atoms with Crippen LogP contribution in [0.1, 0.15) is 45.6 Å². The lowest BCUT2D eigenvalue weighted by molar-refractivity contribution is 0.0706. The molecule has 1 atom stereocenters. The highest BCUT2D eigenvalue weighted by Gasteiger charge is 2.18. The minimum Gasteiger partial charge on any atom is -0.380 e. The largest absolute Gasteiger partial charge is 0.380 e. The van der Waals surface area contributed by atoms with E-state index in [2.05, 4.69) is 26.1 Å². The maximum atomic E-state index is 12.4. The molecule has 0 bridgehead atoms. The highest BCUT2D eigenvalue weighted by Crippen LogP contribution is 2.23. The van der Waals surface area contributed by atoms with E-state index in [9.17, 15) is 8.42 Å². The minimum absolute atomic E-state index is 0.0360. The molecule has 0 spiro atoms. The Bertz CT molecular complexity index is 582. The molecule has 2 rings (SSSR count). The van der Waals surface area contributed by atoms with E-state index in [1.807, 2.05) is 12.1 Å². The summed E-state index contributed by atoms with van der Waals surface area (Å²) in [6.45, 7) is 8.66. The SMILES string of the molecule is CC(C)(C)c1ccc(S(=O)(=O)CCCNC2CCCOC2)cc1. The van der Waals surface area contributed by atoms with Gasteiger partial charge in [0.15, 0.2) is 9.84 Å². The summed E-state index contributed by atoms with van der Waals surface area (Å²) in [5.41, 5.74) is 1.18. The number of nitrogens with one attached hydrogen (secondary N) is 1. The normalized spacial score (nSPS) is 19.7. The molecule has 1 heterocycles. The molecule has 23 heavy (non-hydrogen) atoms. The fourth-order valence-corrected chi connectivity index (χ4v) is 4.06. The van der Waals surface area contributed by atoms with Crippen molar-refractivity contribution in [1.29, 1.82) is 0 Å². The summed E-state index contributed by atoms with van der Waals surface area (Å²) in [5, 5.41) is 3.39. The third-order valence-corrected chi connectivity index (χ3v) is 6.08. The van der Waals surface area contributed by atoms with Crippen LogP contribution in [0.25, 0.3) is 0 Å². The van der Waals surface area contributed by atoms with E-state index in [0.29, 0.717) is 23.9 Å². The molecule has 1 fully saturated rings. The molecule has 0 saturated carbocycles. The second-order valence-corrected chi connectivity index (χ2v) is 9.42. The molecule has 1 aliphatic heterocycles. The van der Waals surface area contributed by atoms with Gasteiger partial charge in [-0.3, -0.25) is 0 Å². The van der Waals surface area contributed by atoms with Gasteiger partial charge in [0.1, 0.15) is 0 Å². The number of benzene rings is 1. The minimum atomic E-state index is -3.20. The first-order valence-electron chi connectivity index (χ1n) is 8.43. The Hall–Kier alpha value is -0.910. The van der Waals surface area contributed by atoms with Crippen LogP contribution >= 0.6 is 0 Å². The number of sulfone groups is 1. The van der Waals surface area contributed by atoms with Gasteiger partial charge in [0.05, 0.1) is 17.3 Å². The van der Waals surface area contributed by atoms with Gasteiger partial charge in [-0.15, -0.1) is 0 Å². The standard InChI is InChI=1S/C18H29NO3S/c1-18(2,3)15-7-9-17(10-8-15)23(20,21)13-5-11-19-16-6-4-12-22-14-16/h7-10,16,19H,4-6,11-14H2,1-3H3. The zero-order chi connectivity index (χ0) is 16.9. The van der Waals surface area contributed by atoms with Crippen molar-refractivity contribution in [3.05, 3.63) is 29.8 Å². The molecule has 1 aliphatic rings. The molecule has 5 heteroatoms. The average Bonchev–Trinajstić information content (AvgIpc) is 2.52. The van der Waals surface area contributed by atoms with Gasteiger partial charge in [0.2, 0.25) is 0 Å². The molecule has 4 nitrogen and oxygen atoms in total. The van der Waals surface area contributed by atoms with Crippen LogP contribution in [0.5, 0.6) is 0 Å². The maximum absolute atomic E-state index is 12.4. The Kier molecular flexibility index (Phi) is 6.23. The third kappa shape index (κ3) is 5.59. The maximum Gasteiger partial charge on any atom is 0.178 e. The van der Waals surface area contributed by atoms with Gasteiger partial charge in [-0.25, -0.2) is 8.42 Å². The first-order valence-corrected chi connectivity index (χ1v) is 10.1. The molecule has 0 amide bonds. The van der Waals surface area contributed by atoms with Crippen molar-refractivity contribution in [3.8, 4) is 0 Å². The van der Waals surface area contributed by atoms with E-state index in [0.717, 1.165) is 31.6 Å². The third-order valence-electron chi connectivity index (χ3n) is 4.26. The van der Waals surface area contributed by atoms with Gasteiger partial charge in [-0.05, 0) is 48.9 Å². The van der Waals surface area contributed by atoms with Gasteiger partial charge in [-0.1, -0.05) is 32.9 Å². The molecule has 1 N–H and O–H groups in total. The van der Waals surface area contributed by atoms with Crippen LogP contribution in [-0.2, 0) is 20.0 Å². The highest BCUT2D eigenvalue weighted by atomic mass is 32.2. The molecule has 1 saturated heterocycles. The van der Waals surface area contributed by atoms with Crippen LogP contribution in [-0.4, -0.2) is 40.0 Å². The Balaban J connectivity index is 1.83. The zero-order valence-corrected chi connectivity index (χ0v) is 15.3. The van der Waals surface area contributed by atoms with E-state index in [1.54, 1.807) is 12.1 Å². The Labute approximate surface area is 140 Å². The van der Waals surface area contributed by atoms with Crippen LogP contribution in [0, 0.1) is 0 Å². The summed E-state index contributed by atoms with van der Waals surface area (Å²) in [6, 6.07) is 7.68. The summed E-state index contributed by atoms with van der Waals surface area (Å²) in [4.78, 5) is 0.423. The van der Waals surface area contributed by atoms with Crippen LogP contribution in [0.3, 0.4) is 0 Å². The van der Waals surface area contributed by atoms with E-state index >= 15 is 0 Å². The lowest BCUT2D eigenvalue weighted by atomic mass is 9.87. The fourth-order valence-electron chi connectivity index (χ4n) is 2.75. The molecule has 0 radical (unpaired) electrons. The summed E-state index contributed by atoms with van der Waals surface area (Å²) < 4.78 is 30.2. The highest BCUT2D eigenvalue weighted by molar-refractivity contribution is 7.91. The summed E-state index contributed by atoms with van der Waals surface area (Å²) in [5.74, 6) is 0.183. The van der Waals surface area contributed by atoms with Crippen molar-refractivity contribution in [1.82, 2.24) is 5.32 Å². The van der Waals surface area contributed by atoms with Gasteiger partial charge >= 0.3 is 0 Å². The molecule has 0 aromatic heterocycles. The van der Waals surface area contributed by atoms with Crippen molar-refractivity contribution in [3.63, 3.8) is 0 Å². The number of hydrogen-bond donors (Lipinski definition) is 1. The van der Waals surface area contributed by atoms with E-state index in [4.69, 9.17) is 4.74 Å². The molecule has 1 aromatic carbocycles. The van der Waals surface area contributed by atoms with Crippen molar-refractivity contribution >= 4 is 9.84 Å². The monoisotopic (exact) mass is 339 g/mol. The topological polar surface area (TPSA) is 55.4 Å². The number of ether oxygens (including phenoxy) is 1. The van der Waals surface area contributed by atoms with Crippen LogP contribution in [0.15, 0.2) is 29.2 Å². The number of hydrogen-bond acceptors (Lipinski definition) is 4. The molecular formula is C18H29NO3S. The van der Waals surface area contributed by atoms with Crippen molar-refractivity contribution < 1.29 is 13.2 Å². The van der Waals surface area contributed by atoms with Crippen molar-refractivity contribution in [2.24, 2.45) is 0 Å². The first-order chi connectivity index (χ1) is 10.8. The van der Waals surface area contributed by atoms with Crippen molar-refractivity contribution in [2.75, 3.05) is 25.5 Å².